The Balaban J connectivity index is 1.28. The molecule has 37 heavy (non-hydrogen) atoms. The molecule has 4 nitrogen and oxygen atoms in total. The molecule has 0 saturated carbocycles. The van der Waals surface area contributed by atoms with E-state index in [4.69, 9.17) is 4.98 Å². The Morgan fingerprint density at radius 1 is 0.919 bits per heavy atom. The second kappa shape index (κ2) is 7.95. The van der Waals surface area contributed by atoms with Gasteiger partial charge in [0.1, 0.15) is 6.29 Å². The summed E-state index contributed by atoms with van der Waals surface area (Å²) >= 11 is 1.43. The van der Waals surface area contributed by atoms with Crippen molar-refractivity contribution < 1.29 is 9.59 Å². The van der Waals surface area contributed by atoms with Gasteiger partial charge in [0.25, 0.3) is 0 Å². The topological polar surface area (TPSA) is 59.1 Å². The summed E-state index contributed by atoms with van der Waals surface area (Å²) in [7, 11) is 0. The fourth-order valence-corrected chi connectivity index (χ4v) is 7.41. The fraction of sp³-hybridized carbons (Fsp3) is 0.156. The molecule has 3 aliphatic carbocycles. The van der Waals surface area contributed by atoms with Crippen molar-refractivity contribution in [1.82, 2.24) is 4.98 Å². The van der Waals surface area contributed by atoms with Crippen LogP contribution in [-0.4, -0.2) is 17.2 Å². The maximum absolute atomic E-state index is 14.1. The maximum Gasteiger partial charge on any atom is 0.233 e. The Hall–Kier alpha value is -4.09. The van der Waals surface area contributed by atoms with E-state index in [-0.39, 0.29) is 11.8 Å². The number of aldehydes is 1. The molecule has 1 heterocycles. The number of benzene rings is 4. The van der Waals surface area contributed by atoms with Crippen molar-refractivity contribution in [3.05, 3.63) is 119 Å². The molecule has 1 aromatic heterocycles. The zero-order valence-corrected chi connectivity index (χ0v) is 21.1. The molecule has 1 amide bonds. The molecule has 0 radical (unpaired) electrons. The van der Waals surface area contributed by atoms with E-state index in [1.807, 2.05) is 66.9 Å². The zero-order chi connectivity index (χ0) is 25.2. The summed E-state index contributed by atoms with van der Waals surface area (Å²) in [5, 5.41) is 7.97. The van der Waals surface area contributed by atoms with E-state index in [1.54, 1.807) is 0 Å². The highest BCUT2D eigenvalue weighted by molar-refractivity contribution is 7.14. The largest absolute Gasteiger partial charge is 0.302 e. The first-order chi connectivity index (χ1) is 18.0. The van der Waals surface area contributed by atoms with Gasteiger partial charge in [-0.2, -0.15) is 0 Å². The van der Waals surface area contributed by atoms with Crippen LogP contribution in [0.4, 0.5) is 5.13 Å². The van der Waals surface area contributed by atoms with Crippen molar-refractivity contribution in [2.45, 2.75) is 24.7 Å². The number of thiazole rings is 1. The highest BCUT2D eigenvalue weighted by atomic mass is 32.1. The Kier molecular flexibility index (Phi) is 4.76. The van der Waals surface area contributed by atoms with E-state index in [0.29, 0.717) is 11.6 Å². The van der Waals surface area contributed by atoms with Crippen molar-refractivity contribution in [2.75, 3.05) is 5.32 Å². The van der Waals surface area contributed by atoms with Gasteiger partial charge in [-0.15, -0.1) is 11.3 Å². The van der Waals surface area contributed by atoms with Gasteiger partial charge >= 0.3 is 0 Å². The molecule has 8 rings (SSSR count). The van der Waals surface area contributed by atoms with Gasteiger partial charge in [-0.25, -0.2) is 4.98 Å². The summed E-state index contributed by atoms with van der Waals surface area (Å²) in [6.07, 6.45) is 1.48. The van der Waals surface area contributed by atoms with Crippen LogP contribution in [0.25, 0.3) is 22.0 Å². The molecule has 1 unspecified atom stereocenters. The molecule has 4 aromatic carbocycles. The normalized spacial score (nSPS) is 23.3. The third-order valence-electron chi connectivity index (χ3n) is 8.30. The predicted octanol–water partition coefficient (Wildman–Crippen LogP) is 6.94. The van der Waals surface area contributed by atoms with Crippen molar-refractivity contribution in [1.29, 1.82) is 0 Å². The maximum atomic E-state index is 14.1. The molecule has 180 valence electrons. The summed E-state index contributed by atoms with van der Waals surface area (Å²) in [6.45, 7) is 2.00. The van der Waals surface area contributed by atoms with Gasteiger partial charge in [-0.3, -0.25) is 4.79 Å². The van der Waals surface area contributed by atoms with Crippen LogP contribution in [0.15, 0.2) is 96.4 Å². The monoisotopic (exact) mass is 500 g/mol. The lowest BCUT2D eigenvalue weighted by atomic mass is 9.47. The van der Waals surface area contributed by atoms with Crippen LogP contribution >= 0.6 is 11.3 Å². The third-order valence-corrected chi connectivity index (χ3v) is 9.06. The van der Waals surface area contributed by atoms with E-state index in [9.17, 15) is 9.59 Å². The number of hydrogen-bond acceptors (Lipinski definition) is 4. The molecular formula is C32H24N2O2S. The highest BCUT2D eigenvalue weighted by Gasteiger charge is 2.60. The summed E-state index contributed by atoms with van der Waals surface area (Å²) in [5.74, 6) is -0.245. The lowest BCUT2D eigenvalue weighted by Gasteiger charge is -2.54. The quantitative estimate of drug-likeness (QED) is 0.272. The molecule has 2 bridgehead atoms. The number of fused-ring (bicyclic) bond motifs is 2. The van der Waals surface area contributed by atoms with E-state index >= 15 is 0 Å². The third kappa shape index (κ3) is 3.04. The summed E-state index contributed by atoms with van der Waals surface area (Å²) in [4.78, 5) is 31.7. The van der Waals surface area contributed by atoms with Gasteiger partial charge in [0.15, 0.2) is 5.13 Å². The van der Waals surface area contributed by atoms with E-state index < -0.39 is 10.8 Å². The summed E-state index contributed by atoms with van der Waals surface area (Å²) < 4.78 is 0. The molecule has 1 N–H and O–H groups in total. The van der Waals surface area contributed by atoms with Gasteiger partial charge in [-0.05, 0) is 46.4 Å². The van der Waals surface area contributed by atoms with Crippen LogP contribution in [0.5, 0.6) is 0 Å². The smallest absolute Gasteiger partial charge is 0.233 e. The Bertz CT molecular complexity index is 1670. The van der Waals surface area contributed by atoms with Crippen LogP contribution in [0.1, 0.15) is 41.5 Å². The Morgan fingerprint density at radius 2 is 1.57 bits per heavy atom. The van der Waals surface area contributed by atoms with Gasteiger partial charge in [-0.1, -0.05) is 91.0 Å². The first-order valence-corrected chi connectivity index (χ1v) is 13.3. The Labute approximate surface area is 219 Å². The van der Waals surface area contributed by atoms with Crippen molar-refractivity contribution in [3.63, 3.8) is 0 Å². The molecule has 0 fully saturated rings. The molecule has 0 aliphatic heterocycles. The van der Waals surface area contributed by atoms with Crippen LogP contribution in [0.3, 0.4) is 0 Å². The summed E-state index contributed by atoms with van der Waals surface area (Å²) in [6, 6.07) is 30.6. The summed E-state index contributed by atoms with van der Waals surface area (Å²) in [5.41, 5.74) is 4.39. The van der Waals surface area contributed by atoms with Gasteiger partial charge < -0.3 is 10.1 Å². The van der Waals surface area contributed by atoms with Crippen LogP contribution in [0.2, 0.25) is 0 Å². The van der Waals surface area contributed by atoms with E-state index in [2.05, 4.69) is 41.7 Å². The van der Waals surface area contributed by atoms with E-state index in [1.165, 1.54) is 11.3 Å². The molecule has 1 atom stereocenters. The number of aromatic nitrogens is 1. The van der Waals surface area contributed by atoms with Crippen LogP contribution in [-0.2, 0) is 15.0 Å². The average molecular weight is 501 g/mol. The van der Waals surface area contributed by atoms with Gasteiger partial charge in [0.2, 0.25) is 5.91 Å². The molecular weight excluding hydrogens is 476 g/mol. The first kappa shape index (κ1) is 22.1. The van der Waals surface area contributed by atoms with Crippen LogP contribution in [0, 0.1) is 5.41 Å². The first-order valence-electron chi connectivity index (χ1n) is 12.5. The number of hydrogen-bond donors (Lipinski definition) is 1. The number of nitrogens with one attached hydrogen (secondary N) is 1. The average Bonchev–Trinajstić information content (AvgIpc) is 3.41. The van der Waals surface area contributed by atoms with Crippen molar-refractivity contribution in [2.24, 2.45) is 5.41 Å². The number of carbonyl (C=O) groups excluding carboxylic acids is 2. The van der Waals surface area contributed by atoms with Gasteiger partial charge in [0, 0.05) is 16.9 Å². The Morgan fingerprint density at radius 3 is 2.30 bits per heavy atom. The number of rotatable bonds is 4. The number of carbonyl (C=O) groups is 2. The predicted molar refractivity (Wildman–Crippen MR) is 148 cm³/mol. The minimum absolute atomic E-state index is 0.105. The molecule has 3 aliphatic rings. The number of nitrogens with zero attached hydrogens (tertiary/aromatic N) is 1. The number of anilines is 1. The van der Waals surface area contributed by atoms with Crippen LogP contribution < -0.4 is 5.32 Å². The SMILES string of the molecule is CC1(C(=O)Nc2nc(-c3cccc4ccccc34)cs2)CC2(C=O)c3ccccc3C1c1ccccc12. The highest BCUT2D eigenvalue weighted by Crippen LogP contribution is 2.63. The standard InChI is InChI=1S/C32H24N2O2S/c1-31(18-32(19-35)25-15-6-4-12-23(25)28(31)24-13-5-7-16-26(24)32)29(36)34-30-33-27(17-37-30)22-14-8-10-20-9-2-3-11-21(20)22/h2-17,19,28H,18H2,1H3,(H,33,34,36). The molecule has 0 spiro atoms. The van der Waals surface area contributed by atoms with Crippen molar-refractivity contribution in [3.8, 4) is 11.3 Å². The zero-order valence-electron chi connectivity index (χ0n) is 20.3. The molecule has 5 heteroatoms. The minimum Gasteiger partial charge on any atom is -0.302 e. The number of amides is 1. The lowest BCUT2D eigenvalue weighted by molar-refractivity contribution is -0.128. The minimum atomic E-state index is -0.842. The second-order valence-electron chi connectivity index (χ2n) is 10.3. The second-order valence-corrected chi connectivity index (χ2v) is 11.2. The fourth-order valence-electron chi connectivity index (χ4n) is 6.70. The molecule has 0 saturated heterocycles. The lowest BCUT2D eigenvalue weighted by Crippen LogP contribution is -2.54. The van der Waals surface area contributed by atoms with E-state index in [0.717, 1.165) is 50.6 Å². The van der Waals surface area contributed by atoms with Gasteiger partial charge in [0.05, 0.1) is 16.5 Å². The molecule has 5 aromatic rings. The van der Waals surface area contributed by atoms with Crippen molar-refractivity contribution >= 4 is 39.4 Å².